The third-order valence-corrected chi connectivity index (χ3v) is 4.31. The first-order valence-corrected chi connectivity index (χ1v) is 7.04. The molecular formula is C13H26N4O. The van der Waals surface area contributed by atoms with Gasteiger partial charge in [0.05, 0.1) is 6.04 Å². The second-order valence-corrected chi connectivity index (χ2v) is 5.71. The summed E-state index contributed by atoms with van der Waals surface area (Å²) in [5, 5.41) is 0. The maximum atomic E-state index is 12.1. The number of likely N-dealkylation sites (N-methyl/N-ethyl adjacent to an activating group) is 1. The van der Waals surface area contributed by atoms with Gasteiger partial charge in [-0.1, -0.05) is 0 Å². The molecule has 0 radical (unpaired) electrons. The molecule has 2 N–H and O–H groups in total. The fourth-order valence-corrected chi connectivity index (χ4v) is 3.25. The molecule has 2 atom stereocenters. The van der Waals surface area contributed by atoms with E-state index in [1.807, 2.05) is 16.8 Å². The van der Waals surface area contributed by atoms with Crippen LogP contribution in [-0.4, -0.2) is 73.6 Å². The Bertz CT molecular complexity index is 297. The Morgan fingerprint density at radius 3 is 2.78 bits per heavy atom. The number of rotatable bonds is 4. The fourth-order valence-electron chi connectivity index (χ4n) is 3.25. The third kappa shape index (κ3) is 2.78. The van der Waals surface area contributed by atoms with E-state index in [1.165, 1.54) is 19.4 Å². The lowest BCUT2D eigenvalue weighted by atomic mass is 9.90. The summed E-state index contributed by atoms with van der Waals surface area (Å²) in [5.74, 6) is 0.626. The minimum atomic E-state index is 0.182. The zero-order valence-corrected chi connectivity index (χ0v) is 11.6. The third-order valence-electron chi connectivity index (χ3n) is 4.31. The van der Waals surface area contributed by atoms with Gasteiger partial charge in [0.25, 0.3) is 0 Å². The van der Waals surface area contributed by atoms with E-state index in [1.54, 1.807) is 0 Å². The van der Waals surface area contributed by atoms with Crippen molar-refractivity contribution in [1.29, 1.82) is 0 Å². The summed E-state index contributed by atoms with van der Waals surface area (Å²) in [7, 11) is 4.12. The van der Waals surface area contributed by atoms with Crippen LogP contribution in [0.4, 0.5) is 4.79 Å². The van der Waals surface area contributed by atoms with Crippen LogP contribution in [0.25, 0.3) is 0 Å². The van der Waals surface area contributed by atoms with Gasteiger partial charge in [-0.2, -0.15) is 0 Å². The number of hydrogen-bond donors (Lipinski definition) is 1. The number of nitrogens with zero attached hydrogens (tertiary/aromatic N) is 3. The molecule has 2 rings (SSSR count). The van der Waals surface area contributed by atoms with Crippen molar-refractivity contribution in [1.82, 2.24) is 14.7 Å². The van der Waals surface area contributed by atoms with E-state index < -0.39 is 0 Å². The van der Waals surface area contributed by atoms with Crippen LogP contribution >= 0.6 is 0 Å². The van der Waals surface area contributed by atoms with Crippen LogP contribution in [0.1, 0.15) is 19.3 Å². The summed E-state index contributed by atoms with van der Waals surface area (Å²) in [4.78, 5) is 18.4. The number of nitrogens with two attached hydrogens (primary N) is 1. The Hall–Kier alpha value is -0.810. The van der Waals surface area contributed by atoms with E-state index in [0.717, 1.165) is 26.1 Å². The number of carbonyl (C=O) groups is 1. The minimum Gasteiger partial charge on any atom is -0.330 e. The van der Waals surface area contributed by atoms with Gasteiger partial charge in [0.2, 0.25) is 0 Å². The van der Waals surface area contributed by atoms with Gasteiger partial charge in [-0.15, -0.1) is 0 Å². The van der Waals surface area contributed by atoms with Gasteiger partial charge < -0.3 is 20.4 Å². The van der Waals surface area contributed by atoms with Crippen molar-refractivity contribution in [2.24, 2.45) is 11.7 Å². The molecule has 2 aliphatic heterocycles. The number of hydrogen-bond acceptors (Lipinski definition) is 3. The van der Waals surface area contributed by atoms with E-state index in [9.17, 15) is 4.79 Å². The lowest BCUT2D eigenvalue weighted by molar-refractivity contribution is 0.141. The zero-order chi connectivity index (χ0) is 13.1. The number of piperidine rings is 1. The van der Waals surface area contributed by atoms with Gasteiger partial charge in [0.15, 0.2) is 0 Å². The van der Waals surface area contributed by atoms with Crippen molar-refractivity contribution >= 4 is 6.03 Å². The molecule has 2 saturated heterocycles. The average molecular weight is 254 g/mol. The molecule has 2 aliphatic rings. The van der Waals surface area contributed by atoms with Crippen molar-refractivity contribution in [3.05, 3.63) is 0 Å². The smallest absolute Gasteiger partial charge is 0.320 e. The SMILES string of the molecule is CN1CCCC(C2CN(CCCN)C(=O)N2C)C1. The second kappa shape index (κ2) is 5.89. The predicted octanol–water partition coefficient (Wildman–Crippen LogP) is 0.413. The van der Waals surface area contributed by atoms with Gasteiger partial charge in [-0.25, -0.2) is 4.79 Å². The molecule has 5 heteroatoms. The maximum Gasteiger partial charge on any atom is 0.320 e. The molecule has 2 fully saturated rings. The highest BCUT2D eigenvalue weighted by Crippen LogP contribution is 2.27. The standard InChI is InChI=1S/C13H26N4O/c1-15-7-3-5-11(9-15)12-10-17(8-4-6-14)13(18)16(12)2/h11-12H,3-10,14H2,1-2H3. The van der Waals surface area contributed by atoms with E-state index in [-0.39, 0.29) is 6.03 Å². The summed E-state index contributed by atoms with van der Waals surface area (Å²) >= 11 is 0. The Balaban J connectivity index is 1.95. The minimum absolute atomic E-state index is 0.182. The number of amides is 2. The molecule has 0 spiro atoms. The summed E-state index contributed by atoms with van der Waals surface area (Å²) < 4.78 is 0. The van der Waals surface area contributed by atoms with Gasteiger partial charge in [-0.3, -0.25) is 0 Å². The van der Waals surface area contributed by atoms with E-state index in [4.69, 9.17) is 5.73 Å². The summed E-state index contributed by atoms with van der Waals surface area (Å²) in [6.45, 7) is 4.65. The van der Waals surface area contributed by atoms with Gasteiger partial charge in [0.1, 0.15) is 0 Å². The van der Waals surface area contributed by atoms with Crippen molar-refractivity contribution in [3.8, 4) is 0 Å². The number of likely N-dealkylation sites (tertiary alicyclic amines) is 1. The van der Waals surface area contributed by atoms with Gasteiger partial charge >= 0.3 is 6.03 Å². The van der Waals surface area contributed by atoms with E-state index in [0.29, 0.717) is 18.5 Å². The molecule has 2 heterocycles. The highest BCUT2D eigenvalue weighted by atomic mass is 16.2. The molecule has 5 nitrogen and oxygen atoms in total. The number of carbonyl (C=O) groups excluding carboxylic acids is 1. The molecule has 18 heavy (non-hydrogen) atoms. The molecule has 2 amide bonds. The monoisotopic (exact) mass is 254 g/mol. The van der Waals surface area contributed by atoms with Crippen LogP contribution in [0.5, 0.6) is 0 Å². The Morgan fingerprint density at radius 2 is 2.11 bits per heavy atom. The summed E-state index contributed by atoms with van der Waals surface area (Å²) in [6.07, 6.45) is 3.40. The molecule has 104 valence electrons. The first-order valence-electron chi connectivity index (χ1n) is 7.04. The first-order chi connectivity index (χ1) is 8.63. The molecular weight excluding hydrogens is 228 g/mol. The Morgan fingerprint density at radius 1 is 1.33 bits per heavy atom. The van der Waals surface area contributed by atoms with Crippen LogP contribution < -0.4 is 5.73 Å². The molecule has 0 aromatic rings. The normalized spacial score (nSPS) is 30.3. The van der Waals surface area contributed by atoms with E-state index >= 15 is 0 Å². The van der Waals surface area contributed by atoms with E-state index in [2.05, 4.69) is 11.9 Å². The molecule has 0 aromatic carbocycles. The first kappa shape index (κ1) is 13.6. The van der Waals surface area contributed by atoms with Gasteiger partial charge in [-0.05, 0) is 45.3 Å². The van der Waals surface area contributed by atoms with Crippen LogP contribution in [0.2, 0.25) is 0 Å². The molecule has 0 aromatic heterocycles. The molecule has 0 bridgehead atoms. The lowest BCUT2D eigenvalue weighted by Crippen LogP contribution is -2.44. The quantitative estimate of drug-likeness (QED) is 0.791. The maximum absolute atomic E-state index is 12.1. The Labute approximate surface area is 110 Å². The van der Waals surface area contributed by atoms with Crippen molar-refractivity contribution in [2.45, 2.75) is 25.3 Å². The average Bonchev–Trinajstić information content (AvgIpc) is 2.64. The Kier molecular flexibility index (Phi) is 4.45. The highest BCUT2D eigenvalue weighted by molar-refractivity contribution is 5.76. The second-order valence-electron chi connectivity index (χ2n) is 5.71. The van der Waals surface area contributed by atoms with Crippen molar-refractivity contribution < 1.29 is 4.79 Å². The summed E-state index contributed by atoms with van der Waals surface area (Å²) in [6, 6.07) is 0.569. The zero-order valence-electron chi connectivity index (χ0n) is 11.6. The van der Waals surface area contributed by atoms with Crippen LogP contribution in [0.15, 0.2) is 0 Å². The van der Waals surface area contributed by atoms with Crippen LogP contribution in [-0.2, 0) is 0 Å². The lowest BCUT2D eigenvalue weighted by Gasteiger charge is -2.35. The van der Waals surface area contributed by atoms with Crippen molar-refractivity contribution in [2.75, 3.05) is 46.8 Å². The molecule has 2 unspecified atom stereocenters. The van der Waals surface area contributed by atoms with Crippen LogP contribution in [0, 0.1) is 5.92 Å². The number of urea groups is 1. The largest absolute Gasteiger partial charge is 0.330 e. The van der Waals surface area contributed by atoms with Gasteiger partial charge in [0, 0.05) is 26.7 Å². The molecule has 0 aliphatic carbocycles. The predicted molar refractivity (Wildman–Crippen MR) is 72.4 cm³/mol. The van der Waals surface area contributed by atoms with Crippen LogP contribution in [0.3, 0.4) is 0 Å². The van der Waals surface area contributed by atoms with Crippen molar-refractivity contribution in [3.63, 3.8) is 0 Å². The fraction of sp³-hybridized carbons (Fsp3) is 0.923. The molecule has 0 saturated carbocycles. The topological polar surface area (TPSA) is 52.8 Å². The summed E-state index contributed by atoms with van der Waals surface area (Å²) in [5.41, 5.74) is 5.52. The highest BCUT2D eigenvalue weighted by Gasteiger charge is 2.39.